The third-order valence-electron chi connectivity index (χ3n) is 4.07. The van der Waals surface area contributed by atoms with Gasteiger partial charge in [0.2, 0.25) is 0 Å². The number of rotatable bonds is 6. The van der Waals surface area contributed by atoms with E-state index in [0.29, 0.717) is 13.1 Å². The first-order valence-electron chi connectivity index (χ1n) is 8.52. The molecule has 0 heterocycles. The second kappa shape index (κ2) is 8.99. The smallest absolute Gasteiger partial charge is 0.321 e. The van der Waals surface area contributed by atoms with Gasteiger partial charge in [-0.1, -0.05) is 60.2 Å². The summed E-state index contributed by atoms with van der Waals surface area (Å²) in [5.74, 6) is -0.304. The molecule has 5 nitrogen and oxygen atoms in total. The number of imide groups is 1. The zero-order valence-electron chi connectivity index (χ0n) is 15.0. The predicted molar refractivity (Wildman–Crippen MR) is 98.2 cm³/mol. The van der Waals surface area contributed by atoms with Gasteiger partial charge < -0.3 is 10.2 Å². The monoisotopic (exact) mass is 340 g/mol. The van der Waals surface area contributed by atoms with E-state index in [9.17, 15) is 9.59 Å². The maximum absolute atomic E-state index is 12.7. The second-order valence-electron chi connectivity index (χ2n) is 6.20. The maximum Gasteiger partial charge on any atom is 0.321 e. The lowest BCUT2D eigenvalue weighted by atomic mass is 10.0. The van der Waals surface area contributed by atoms with Crippen molar-refractivity contribution in [2.24, 2.45) is 0 Å². The van der Waals surface area contributed by atoms with Crippen LogP contribution in [0.5, 0.6) is 0 Å². The standard InChI is InChI=1S/C20H25N3O2/c1-4-21-20(25)22-19(24)18(17-8-6-5-7-9-17)23(3)14-16-12-10-15(2)11-13-16/h5-13,18H,4,14H2,1-3H3,(H2,21,22,24,25)/p+1/t18-/m1/s1. The lowest BCUT2D eigenvalue weighted by Gasteiger charge is -2.24. The molecule has 0 saturated heterocycles. The number of likely N-dealkylation sites (N-methyl/N-ethyl adjacent to an activating group) is 1. The van der Waals surface area contributed by atoms with Gasteiger partial charge in [-0.25, -0.2) is 4.79 Å². The number of amides is 3. The Bertz CT molecular complexity index is 699. The molecule has 2 aromatic carbocycles. The molecule has 0 saturated carbocycles. The van der Waals surface area contributed by atoms with Crippen LogP contribution in [0.3, 0.4) is 0 Å². The minimum Gasteiger partial charge on any atom is -0.338 e. The molecule has 0 radical (unpaired) electrons. The first-order valence-corrected chi connectivity index (χ1v) is 8.52. The largest absolute Gasteiger partial charge is 0.338 e. The molecule has 0 aromatic heterocycles. The lowest BCUT2D eigenvalue weighted by molar-refractivity contribution is -0.916. The van der Waals surface area contributed by atoms with Crippen molar-refractivity contribution in [1.29, 1.82) is 0 Å². The number of hydrogen-bond donors (Lipinski definition) is 3. The molecule has 0 aliphatic carbocycles. The Hall–Kier alpha value is -2.66. The normalized spacial score (nSPS) is 12.9. The highest BCUT2D eigenvalue weighted by atomic mass is 16.2. The summed E-state index contributed by atoms with van der Waals surface area (Å²) in [6.45, 7) is 5.02. The molecule has 2 rings (SSSR count). The Balaban J connectivity index is 2.20. The average Bonchev–Trinajstić information content (AvgIpc) is 2.58. The Kier molecular flexibility index (Phi) is 6.71. The number of hydrogen-bond acceptors (Lipinski definition) is 2. The Morgan fingerprint density at radius 2 is 1.68 bits per heavy atom. The molecular weight excluding hydrogens is 314 g/mol. The SMILES string of the molecule is CCNC(=O)NC(=O)[C@@H](c1ccccc1)[NH+](C)Cc1ccc(C)cc1. The van der Waals surface area contributed by atoms with Crippen LogP contribution in [0.2, 0.25) is 0 Å². The van der Waals surface area contributed by atoms with E-state index >= 15 is 0 Å². The summed E-state index contributed by atoms with van der Waals surface area (Å²) in [6, 6.07) is 16.9. The molecule has 0 bridgehead atoms. The minimum atomic E-state index is -0.467. The van der Waals surface area contributed by atoms with E-state index in [1.54, 1.807) is 0 Å². The van der Waals surface area contributed by atoms with Crippen LogP contribution in [0.1, 0.15) is 29.7 Å². The minimum absolute atomic E-state index is 0.304. The van der Waals surface area contributed by atoms with Crippen molar-refractivity contribution in [1.82, 2.24) is 10.6 Å². The van der Waals surface area contributed by atoms with E-state index in [1.165, 1.54) is 5.56 Å². The van der Waals surface area contributed by atoms with Crippen molar-refractivity contribution in [2.75, 3.05) is 13.6 Å². The molecule has 5 heteroatoms. The number of urea groups is 1. The highest BCUT2D eigenvalue weighted by Crippen LogP contribution is 2.10. The lowest BCUT2D eigenvalue weighted by Crippen LogP contribution is -3.09. The fraction of sp³-hybridized carbons (Fsp3) is 0.300. The molecule has 0 aliphatic heterocycles. The average molecular weight is 340 g/mol. The number of quaternary nitrogens is 1. The highest BCUT2D eigenvalue weighted by Gasteiger charge is 2.30. The zero-order chi connectivity index (χ0) is 18.2. The first kappa shape index (κ1) is 18.7. The van der Waals surface area contributed by atoms with Crippen molar-refractivity contribution in [3.05, 3.63) is 71.3 Å². The van der Waals surface area contributed by atoms with Crippen LogP contribution >= 0.6 is 0 Å². The Morgan fingerprint density at radius 3 is 2.28 bits per heavy atom. The van der Waals surface area contributed by atoms with E-state index < -0.39 is 12.1 Å². The molecule has 0 aliphatic rings. The van der Waals surface area contributed by atoms with Gasteiger partial charge >= 0.3 is 6.03 Å². The molecule has 1 unspecified atom stereocenters. The second-order valence-corrected chi connectivity index (χ2v) is 6.20. The van der Waals surface area contributed by atoms with Gasteiger partial charge in [-0.15, -0.1) is 0 Å². The van der Waals surface area contributed by atoms with Gasteiger partial charge in [-0.2, -0.15) is 0 Å². The summed E-state index contributed by atoms with van der Waals surface area (Å²) in [5.41, 5.74) is 3.23. The molecule has 2 aromatic rings. The maximum atomic E-state index is 12.7. The van der Waals surface area contributed by atoms with Gasteiger partial charge in [0.15, 0.2) is 6.04 Å². The van der Waals surface area contributed by atoms with Crippen molar-refractivity contribution < 1.29 is 14.5 Å². The molecule has 0 spiro atoms. The van der Waals surface area contributed by atoms with E-state index in [-0.39, 0.29) is 5.91 Å². The van der Waals surface area contributed by atoms with Gasteiger partial charge in [0.1, 0.15) is 6.54 Å². The van der Waals surface area contributed by atoms with Crippen LogP contribution < -0.4 is 15.5 Å². The quantitative estimate of drug-likeness (QED) is 0.748. The summed E-state index contributed by atoms with van der Waals surface area (Å²) in [6.07, 6.45) is 0. The molecule has 3 amide bonds. The first-order chi connectivity index (χ1) is 12.0. The van der Waals surface area contributed by atoms with E-state index in [2.05, 4.69) is 34.9 Å². The van der Waals surface area contributed by atoms with Gasteiger partial charge in [0, 0.05) is 17.7 Å². The third kappa shape index (κ3) is 5.43. The van der Waals surface area contributed by atoms with Crippen molar-refractivity contribution >= 4 is 11.9 Å². The molecule has 3 N–H and O–H groups in total. The van der Waals surface area contributed by atoms with E-state index in [4.69, 9.17) is 0 Å². The number of benzene rings is 2. The topological polar surface area (TPSA) is 62.6 Å². The molecule has 25 heavy (non-hydrogen) atoms. The number of carbonyl (C=O) groups excluding carboxylic acids is 2. The molecule has 2 atom stereocenters. The van der Waals surface area contributed by atoms with Gasteiger partial charge in [0.05, 0.1) is 7.05 Å². The van der Waals surface area contributed by atoms with Crippen LogP contribution in [0.15, 0.2) is 54.6 Å². The van der Waals surface area contributed by atoms with Gasteiger partial charge in [-0.3, -0.25) is 10.1 Å². The summed E-state index contributed by atoms with van der Waals surface area (Å²) in [5, 5.41) is 5.04. The number of aryl methyl sites for hydroxylation is 1. The zero-order valence-corrected chi connectivity index (χ0v) is 15.0. The number of carbonyl (C=O) groups is 2. The fourth-order valence-corrected chi connectivity index (χ4v) is 2.82. The summed E-state index contributed by atoms with van der Waals surface area (Å²) in [7, 11) is 1.97. The van der Waals surface area contributed by atoms with Crippen LogP contribution in [0, 0.1) is 6.92 Å². The van der Waals surface area contributed by atoms with Gasteiger partial charge in [-0.05, 0) is 13.8 Å². The van der Waals surface area contributed by atoms with Crippen LogP contribution in [-0.4, -0.2) is 25.5 Å². The Labute approximate surface area is 149 Å². The van der Waals surface area contributed by atoms with Crippen LogP contribution in [0.4, 0.5) is 4.79 Å². The Morgan fingerprint density at radius 1 is 1.04 bits per heavy atom. The fourth-order valence-electron chi connectivity index (χ4n) is 2.82. The summed E-state index contributed by atoms with van der Waals surface area (Å²) in [4.78, 5) is 25.5. The third-order valence-corrected chi connectivity index (χ3v) is 4.07. The summed E-state index contributed by atoms with van der Waals surface area (Å²) >= 11 is 0. The van der Waals surface area contributed by atoms with Gasteiger partial charge in [0.25, 0.3) is 5.91 Å². The van der Waals surface area contributed by atoms with Crippen molar-refractivity contribution in [3.8, 4) is 0 Å². The van der Waals surface area contributed by atoms with Crippen molar-refractivity contribution in [3.63, 3.8) is 0 Å². The molecule has 0 fully saturated rings. The van der Waals surface area contributed by atoms with E-state index in [0.717, 1.165) is 16.0 Å². The summed E-state index contributed by atoms with van der Waals surface area (Å²) < 4.78 is 0. The highest BCUT2D eigenvalue weighted by molar-refractivity contribution is 5.96. The number of nitrogens with one attached hydrogen (secondary N) is 3. The predicted octanol–water partition coefficient (Wildman–Crippen LogP) is 1.60. The van der Waals surface area contributed by atoms with E-state index in [1.807, 2.05) is 51.2 Å². The van der Waals surface area contributed by atoms with Crippen LogP contribution in [0.25, 0.3) is 0 Å². The van der Waals surface area contributed by atoms with Crippen molar-refractivity contribution in [2.45, 2.75) is 26.4 Å². The van der Waals surface area contributed by atoms with Crippen LogP contribution in [-0.2, 0) is 11.3 Å². The molecular formula is C20H26N3O2+. The molecule has 132 valence electrons.